The van der Waals surface area contributed by atoms with Crippen LogP contribution in [0.2, 0.25) is 0 Å². The maximum absolute atomic E-state index is 8.64. The summed E-state index contributed by atoms with van der Waals surface area (Å²) in [5.41, 5.74) is 0.462. The molecule has 0 fully saturated rings. The molecule has 0 atom stereocenters. The number of carbonyl (C=O) groups excluding carboxylic acids is 1. The molecule has 0 spiro atoms. The number of ether oxygens (including phenoxy) is 1. The third-order valence-corrected chi connectivity index (χ3v) is 1.42. The molecule has 1 rings (SSSR count). The van der Waals surface area contributed by atoms with E-state index in [1.54, 1.807) is 18.2 Å². The Kier molecular flexibility index (Phi) is 7.07. The summed E-state index contributed by atoms with van der Waals surface area (Å²) < 4.78 is 22.0. The molecule has 0 saturated heterocycles. The number of methoxy groups -OCH3 is 1. The molecule has 0 saturated carbocycles. The van der Waals surface area contributed by atoms with Crippen LogP contribution in [0.3, 0.4) is 0 Å². The third-order valence-electron chi connectivity index (χ3n) is 1.42. The van der Waals surface area contributed by atoms with Crippen LogP contribution in [-0.2, 0) is 4.47 Å². The van der Waals surface area contributed by atoms with E-state index in [0.29, 0.717) is 11.3 Å². The Morgan fingerprint density at radius 3 is 2.50 bits per heavy atom. The van der Waals surface area contributed by atoms with Gasteiger partial charge in [0.25, 0.3) is 0 Å². The van der Waals surface area contributed by atoms with Crippen LogP contribution in [0.25, 0.3) is 0 Å². The summed E-state index contributed by atoms with van der Waals surface area (Å²) in [6.45, 7) is 0. The van der Waals surface area contributed by atoms with Crippen molar-refractivity contribution in [2.24, 2.45) is 0 Å². The molecule has 1 aromatic carbocycles. The molecule has 1 aromatic rings. The zero-order valence-electron chi connectivity index (χ0n) is 7.48. The second-order valence-electron chi connectivity index (χ2n) is 2.14. The summed E-state index contributed by atoms with van der Waals surface area (Å²) in [4.78, 5) is 8.64. The van der Waals surface area contributed by atoms with Crippen molar-refractivity contribution in [2.45, 2.75) is 0 Å². The Morgan fingerprint density at radius 1 is 1.50 bits per heavy atom. The van der Waals surface area contributed by atoms with E-state index in [-0.39, 0.29) is 5.75 Å². The number of hydrogen-bond acceptors (Lipinski definition) is 3. The van der Waals surface area contributed by atoms with Gasteiger partial charge in [-0.25, -0.2) is 0 Å². The fourth-order valence-electron chi connectivity index (χ4n) is 0.826. The van der Waals surface area contributed by atoms with Gasteiger partial charge in [-0.1, -0.05) is 6.07 Å². The number of hydrogen-bond donors (Lipinski definition) is 0. The second kappa shape index (κ2) is 7.54. The summed E-state index contributed by atoms with van der Waals surface area (Å²) in [6, 6.07) is 5.04. The monoisotopic (exact) mass is 424 g/mol. The molecule has 0 aliphatic rings. The first kappa shape index (κ1) is 13.1. The molecule has 0 unspecified atom stereocenters. The first-order valence-electron chi connectivity index (χ1n) is 3.56. The van der Waals surface area contributed by atoms with Crippen LogP contribution in [0.5, 0.6) is 11.5 Å². The molecule has 14 heavy (non-hydrogen) atoms. The van der Waals surface area contributed by atoms with Crippen molar-refractivity contribution in [2.75, 3.05) is 7.11 Å². The molecule has 0 bridgehead atoms. The van der Waals surface area contributed by atoms with Crippen molar-refractivity contribution >= 4 is 6.29 Å². The second-order valence-corrected chi connectivity index (χ2v) is 2.83. The van der Waals surface area contributed by atoms with Crippen molar-refractivity contribution in [3.8, 4) is 11.5 Å². The van der Waals surface area contributed by atoms with Gasteiger partial charge in [-0.15, -0.1) is 0 Å². The van der Waals surface area contributed by atoms with Gasteiger partial charge in [0.15, 0.2) is 5.56 Å². The molecule has 5 nitrogen and oxygen atoms in total. The van der Waals surface area contributed by atoms with Crippen LogP contribution < -0.4 is 4.74 Å². The van der Waals surface area contributed by atoms with Gasteiger partial charge in [-0.3, -0.25) is 4.79 Å². The molecule has 74 valence electrons. The van der Waals surface area contributed by atoms with Gasteiger partial charge >= 0.3 is 44.3 Å². The fourth-order valence-corrected chi connectivity index (χ4v) is 0.826. The predicted octanol–water partition coefficient (Wildman–Crippen LogP) is 0.418. The number of benzene rings is 1. The van der Waals surface area contributed by atoms with E-state index in [2.05, 4.69) is 0 Å². The standard InChI is InChI=1S/C8H8O3.2O.U/c1-11-7-4-2-3-6(5-9)8(7)10;;;/h2-5,10H,1H3;;;/p+2. The van der Waals surface area contributed by atoms with Crippen LogP contribution in [0, 0.1) is 27.8 Å². The quantitative estimate of drug-likeness (QED) is 0.510. The topological polar surface area (TPSA) is 87.7 Å². The van der Waals surface area contributed by atoms with E-state index in [9.17, 15) is 0 Å². The molecule has 0 aliphatic carbocycles. The van der Waals surface area contributed by atoms with E-state index in [0.717, 1.165) is 6.29 Å². The Morgan fingerprint density at radius 2 is 2.07 bits per heavy atom. The fraction of sp³-hybridized carbons (Fsp3) is 0.125. The Hall–Kier alpha value is -0.858. The van der Waals surface area contributed by atoms with Crippen LogP contribution in [0.4, 0.5) is 0 Å². The number of rotatable bonds is 2. The minimum atomic E-state index is -2.51. The molecule has 6 heteroatoms. The maximum atomic E-state index is 8.64. The van der Waals surface area contributed by atoms with Gasteiger partial charge < -0.3 is 9.84 Å². The summed E-state index contributed by atoms with van der Waals surface area (Å²) in [6.07, 6.45) is 0.894. The normalized spacial score (nSPS) is 7.79. The van der Waals surface area contributed by atoms with Crippen molar-refractivity contribution in [1.29, 1.82) is 0 Å². The SMILES string of the molecule is COc1cccc(C=[OH+])c1[OH2+].[O]=[U]=[O]. The Labute approximate surface area is 95.3 Å². The first-order chi connectivity index (χ1) is 6.71. The zero-order valence-corrected chi connectivity index (χ0v) is 11.6. The molecule has 0 aromatic heterocycles. The van der Waals surface area contributed by atoms with Crippen molar-refractivity contribution in [3.05, 3.63) is 23.8 Å². The molecular weight excluding hydrogens is 414 g/mol. The summed E-state index contributed by atoms with van der Waals surface area (Å²) in [7, 11) is 1.49. The van der Waals surface area contributed by atoms with Crippen molar-refractivity contribution in [1.82, 2.24) is 0 Å². The van der Waals surface area contributed by atoms with Gasteiger partial charge in [-0.2, -0.15) is 0 Å². The van der Waals surface area contributed by atoms with Crippen molar-refractivity contribution in [3.63, 3.8) is 0 Å². The van der Waals surface area contributed by atoms with E-state index in [1.807, 2.05) is 0 Å². The zero-order chi connectivity index (χ0) is 11.0. The summed E-state index contributed by atoms with van der Waals surface area (Å²) in [5, 5.41) is 7.43. The molecular formula is C8H10O5U+2. The van der Waals surface area contributed by atoms with E-state index < -0.39 is 27.8 Å². The summed E-state index contributed by atoms with van der Waals surface area (Å²) >= 11 is -2.51. The average molecular weight is 424 g/mol. The van der Waals surface area contributed by atoms with Crippen LogP contribution in [0.1, 0.15) is 5.56 Å². The molecule has 0 heterocycles. The minimum absolute atomic E-state index is 0.206. The molecule has 0 radical (unpaired) electrons. The van der Waals surface area contributed by atoms with E-state index in [1.165, 1.54) is 7.11 Å². The van der Waals surface area contributed by atoms with Gasteiger partial charge in [0.2, 0.25) is 5.75 Å². The van der Waals surface area contributed by atoms with Gasteiger partial charge in [0, 0.05) is 0 Å². The van der Waals surface area contributed by atoms with Gasteiger partial charge in [-0.05, 0) is 12.1 Å². The van der Waals surface area contributed by atoms with Gasteiger partial charge in [0.05, 0.1) is 7.11 Å². The van der Waals surface area contributed by atoms with Crippen LogP contribution >= 0.6 is 0 Å². The Balaban J connectivity index is 0.000000500. The molecule has 0 aliphatic heterocycles. The first-order valence-corrected chi connectivity index (χ1v) is 6.96. The predicted molar refractivity (Wildman–Crippen MR) is 44.5 cm³/mol. The van der Waals surface area contributed by atoms with Crippen molar-refractivity contribution < 1.29 is 46.9 Å². The summed E-state index contributed by atoms with van der Waals surface area (Å²) in [5.74, 6) is 0.672. The number of aldehydes is 1. The van der Waals surface area contributed by atoms with Crippen LogP contribution in [-0.4, -0.2) is 23.3 Å². The third kappa shape index (κ3) is 3.90. The molecule has 0 amide bonds. The van der Waals surface area contributed by atoms with E-state index in [4.69, 9.17) is 19.1 Å². The van der Waals surface area contributed by atoms with Crippen LogP contribution in [0.15, 0.2) is 18.2 Å². The molecule has 3 N–H and O–H groups in total. The van der Waals surface area contributed by atoms with E-state index >= 15 is 0 Å². The van der Waals surface area contributed by atoms with Gasteiger partial charge in [0.1, 0.15) is 0 Å². The Bertz CT molecular complexity index is 344. The number of para-hydroxylation sites is 1. The average Bonchev–Trinajstić information content (AvgIpc) is 2.19.